The molecular weight excluding hydrogens is 877 g/mol. The highest BCUT2D eigenvalue weighted by atomic mass is 16.6. The van der Waals surface area contributed by atoms with E-state index in [4.69, 9.17) is 14.2 Å². The molecule has 0 rings (SSSR count). The fourth-order valence-corrected chi connectivity index (χ4v) is 7.46. The highest BCUT2D eigenvalue weighted by molar-refractivity contribution is 5.71. The van der Waals surface area contributed by atoms with Crippen molar-refractivity contribution in [1.82, 2.24) is 0 Å². The van der Waals surface area contributed by atoms with Gasteiger partial charge in [0.1, 0.15) is 13.2 Å². The summed E-state index contributed by atoms with van der Waals surface area (Å²) in [7, 11) is 0. The summed E-state index contributed by atoms with van der Waals surface area (Å²) in [6.07, 6.45) is 81.8. The van der Waals surface area contributed by atoms with Gasteiger partial charge in [-0.05, 0) is 116 Å². The lowest BCUT2D eigenvalue weighted by molar-refractivity contribution is -0.166. The van der Waals surface area contributed by atoms with Gasteiger partial charge in [-0.1, -0.05) is 238 Å². The van der Waals surface area contributed by atoms with E-state index in [1.165, 1.54) is 64.2 Å². The minimum absolute atomic E-state index is 0.112. The van der Waals surface area contributed by atoms with Crippen LogP contribution in [0.1, 0.15) is 239 Å². The maximum atomic E-state index is 12.8. The molecule has 0 heterocycles. The van der Waals surface area contributed by atoms with Crippen LogP contribution in [0, 0.1) is 0 Å². The summed E-state index contributed by atoms with van der Waals surface area (Å²) in [5.74, 6) is -1.02. The number of esters is 3. The zero-order chi connectivity index (χ0) is 51.4. The minimum atomic E-state index is -0.821. The van der Waals surface area contributed by atoms with Crippen LogP contribution < -0.4 is 0 Å². The van der Waals surface area contributed by atoms with Gasteiger partial charge in [0.25, 0.3) is 0 Å². The molecule has 0 spiro atoms. The largest absolute Gasteiger partial charge is 0.462 e. The second kappa shape index (κ2) is 58.1. The van der Waals surface area contributed by atoms with E-state index in [2.05, 4.69) is 142 Å². The molecule has 0 bridgehead atoms. The number of rotatable bonds is 50. The Labute approximate surface area is 436 Å². The van der Waals surface area contributed by atoms with Crippen molar-refractivity contribution in [2.75, 3.05) is 13.2 Å². The van der Waals surface area contributed by atoms with Crippen LogP contribution in [0.3, 0.4) is 0 Å². The molecule has 0 aromatic rings. The lowest BCUT2D eigenvalue weighted by atomic mass is 10.0. The average Bonchev–Trinajstić information content (AvgIpc) is 3.37. The van der Waals surface area contributed by atoms with Gasteiger partial charge >= 0.3 is 17.9 Å². The predicted octanol–water partition coefficient (Wildman–Crippen LogP) is 19.4. The van der Waals surface area contributed by atoms with E-state index < -0.39 is 6.10 Å². The first-order valence-corrected chi connectivity index (χ1v) is 28.7. The first kappa shape index (κ1) is 66.6. The Hall–Kier alpha value is -4.45. The Kier molecular flexibility index (Phi) is 54.5. The van der Waals surface area contributed by atoms with Crippen molar-refractivity contribution in [3.63, 3.8) is 0 Å². The van der Waals surface area contributed by atoms with E-state index in [0.29, 0.717) is 12.8 Å². The maximum absolute atomic E-state index is 12.8. The Balaban J connectivity index is 4.38. The topological polar surface area (TPSA) is 78.9 Å². The lowest BCUT2D eigenvalue weighted by Crippen LogP contribution is -2.30. The van der Waals surface area contributed by atoms with Gasteiger partial charge in [0.15, 0.2) is 6.10 Å². The van der Waals surface area contributed by atoms with Gasteiger partial charge in [-0.2, -0.15) is 0 Å². The molecule has 71 heavy (non-hydrogen) atoms. The number of carbonyl (C=O) groups excluding carboxylic acids is 3. The second-order valence-electron chi connectivity index (χ2n) is 18.4. The number of unbranched alkanes of at least 4 members (excludes halogenated alkanes) is 17. The normalized spacial score (nSPS) is 13.1. The fourth-order valence-electron chi connectivity index (χ4n) is 7.46. The van der Waals surface area contributed by atoms with Gasteiger partial charge in [0.2, 0.25) is 0 Å². The Morgan fingerprint density at radius 1 is 0.282 bits per heavy atom. The van der Waals surface area contributed by atoms with Crippen molar-refractivity contribution in [2.24, 2.45) is 0 Å². The number of carbonyl (C=O) groups is 3. The van der Waals surface area contributed by atoms with Crippen molar-refractivity contribution >= 4 is 17.9 Å². The molecule has 6 nitrogen and oxygen atoms in total. The van der Waals surface area contributed by atoms with Gasteiger partial charge in [-0.25, -0.2) is 0 Å². The van der Waals surface area contributed by atoms with Crippen LogP contribution in [0.5, 0.6) is 0 Å². The van der Waals surface area contributed by atoms with Crippen molar-refractivity contribution in [2.45, 2.75) is 245 Å². The third-order valence-electron chi connectivity index (χ3n) is 11.6. The van der Waals surface area contributed by atoms with Gasteiger partial charge in [-0.15, -0.1) is 0 Å². The molecule has 0 saturated carbocycles. The van der Waals surface area contributed by atoms with Crippen LogP contribution in [0.4, 0.5) is 0 Å². The van der Waals surface area contributed by atoms with Crippen LogP contribution in [0.25, 0.3) is 0 Å². The van der Waals surface area contributed by atoms with Gasteiger partial charge < -0.3 is 14.2 Å². The van der Waals surface area contributed by atoms with E-state index in [9.17, 15) is 14.4 Å². The van der Waals surface area contributed by atoms with Crippen LogP contribution in [0.15, 0.2) is 134 Å². The molecule has 0 aliphatic heterocycles. The van der Waals surface area contributed by atoms with E-state index in [1.807, 2.05) is 12.2 Å². The molecule has 0 aliphatic carbocycles. The highest BCUT2D eigenvalue weighted by Crippen LogP contribution is 2.15. The molecular formula is C65H104O6. The third-order valence-corrected chi connectivity index (χ3v) is 11.6. The Bertz CT molecular complexity index is 1550. The molecule has 0 radical (unpaired) electrons. The molecule has 0 N–H and O–H groups in total. The van der Waals surface area contributed by atoms with E-state index in [1.54, 1.807) is 0 Å². The monoisotopic (exact) mass is 981 g/mol. The van der Waals surface area contributed by atoms with Crippen molar-refractivity contribution in [3.8, 4) is 0 Å². The van der Waals surface area contributed by atoms with Gasteiger partial charge in [0, 0.05) is 19.3 Å². The summed E-state index contributed by atoms with van der Waals surface area (Å²) in [6.45, 7) is 6.21. The Morgan fingerprint density at radius 2 is 0.535 bits per heavy atom. The zero-order valence-electron chi connectivity index (χ0n) is 45.7. The van der Waals surface area contributed by atoms with Crippen molar-refractivity contribution in [1.29, 1.82) is 0 Å². The van der Waals surface area contributed by atoms with Gasteiger partial charge in [0.05, 0.1) is 0 Å². The smallest absolute Gasteiger partial charge is 0.306 e. The molecule has 1 unspecified atom stereocenters. The zero-order valence-corrected chi connectivity index (χ0v) is 45.7. The standard InChI is InChI=1S/C65H104O6/c1-4-7-10-13-16-19-22-25-27-28-29-30-31-32-33-34-35-36-38-40-43-46-49-52-55-58-64(67)70-61-62(60-69-63(66)57-54-51-48-45-42-39-24-21-18-15-12-9-6-3)71-65(68)59-56-53-50-47-44-41-37-26-23-20-17-14-11-8-5-2/h7-12,16-21,25-27,29-30,37,39,42,48,51,62H,4-6,13-15,22-24,28,31-36,38,40-41,43-47,49-50,52-61H2,1-3H3/b10-7-,11-8-,12-9-,19-16-,20-17-,21-18-,27-25-,30-29-,37-26-,42-39-,51-48-. The number of hydrogen-bond donors (Lipinski definition) is 0. The molecule has 0 saturated heterocycles. The van der Waals surface area contributed by atoms with Crippen LogP contribution in [0.2, 0.25) is 0 Å². The molecule has 1 atom stereocenters. The number of ether oxygens (including phenoxy) is 3. The summed E-state index contributed by atoms with van der Waals surface area (Å²) in [5, 5.41) is 0. The van der Waals surface area contributed by atoms with E-state index in [0.717, 1.165) is 128 Å². The second-order valence-corrected chi connectivity index (χ2v) is 18.4. The number of allylic oxidation sites excluding steroid dienone is 22. The molecule has 0 amide bonds. The maximum Gasteiger partial charge on any atom is 0.306 e. The predicted molar refractivity (Wildman–Crippen MR) is 306 cm³/mol. The SMILES string of the molecule is CC/C=C\C/C=C\C/C=C\C/C=C\CCCCCCCCCCCCCCC(=O)OCC(COC(=O)CC/C=C\C/C=C\C/C=C\C/C=C\CC)OC(=O)CCCCCCC/C=C\C/C=C\C/C=C\CC. The third kappa shape index (κ3) is 56.3. The first-order chi connectivity index (χ1) is 35.0. The van der Waals surface area contributed by atoms with Crippen molar-refractivity contribution in [3.05, 3.63) is 134 Å². The first-order valence-electron chi connectivity index (χ1n) is 28.7. The molecule has 0 aromatic heterocycles. The van der Waals surface area contributed by atoms with Crippen LogP contribution in [-0.4, -0.2) is 37.2 Å². The molecule has 6 heteroatoms. The molecule has 400 valence electrons. The summed E-state index contributed by atoms with van der Waals surface area (Å²) in [4.78, 5) is 38.1. The van der Waals surface area contributed by atoms with E-state index >= 15 is 0 Å². The summed E-state index contributed by atoms with van der Waals surface area (Å²) in [5.41, 5.74) is 0. The average molecular weight is 982 g/mol. The summed E-state index contributed by atoms with van der Waals surface area (Å²) in [6, 6.07) is 0. The molecule has 0 aromatic carbocycles. The van der Waals surface area contributed by atoms with Crippen LogP contribution in [-0.2, 0) is 28.6 Å². The Morgan fingerprint density at radius 3 is 0.873 bits per heavy atom. The molecule has 0 fully saturated rings. The summed E-state index contributed by atoms with van der Waals surface area (Å²) >= 11 is 0. The fraction of sp³-hybridized carbons (Fsp3) is 0.615. The van der Waals surface area contributed by atoms with Gasteiger partial charge in [-0.3, -0.25) is 14.4 Å². The lowest BCUT2D eigenvalue weighted by Gasteiger charge is -2.18. The number of hydrogen-bond acceptors (Lipinski definition) is 6. The summed E-state index contributed by atoms with van der Waals surface area (Å²) < 4.78 is 16.8. The minimum Gasteiger partial charge on any atom is -0.462 e. The highest BCUT2D eigenvalue weighted by Gasteiger charge is 2.19. The quantitative estimate of drug-likeness (QED) is 0.0262. The van der Waals surface area contributed by atoms with Crippen molar-refractivity contribution < 1.29 is 28.6 Å². The molecule has 0 aliphatic rings. The van der Waals surface area contributed by atoms with Crippen LogP contribution >= 0.6 is 0 Å². The van der Waals surface area contributed by atoms with E-state index in [-0.39, 0.29) is 44.0 Å².